The van der Waals surface area contributed by atoms with Gasteiger partial charge in [-0.05, 0) is 49.5 Å². The molecule has 1 aliphatic heterocycles. The lowest BCUT2D eigenvalue weighted by molar-refractivity contribution is 0.0943. The van der Waals surface area contributed by atoms with Gasteiger partial charge in [0.25, 0.3) is 5.91 Å². The van der Waals surface area contributed by atoms with Gasteiger partial charge >= 0.3 is 0 Å². The third-order valence-electron chi connectivity index (χ3n) is 6.15. The first-order chi connectivity index (χ1) is 15.5. The fraction of sp³-hybridized carbons (Fsp3) is 0.292. The summed E-state index contributed by atoms with van der Waals surface area (Å²) < 4.78 is 13.9. The average Bonchev–Trinajstić information content (AvgIpc) is 3.35. The van der Waals surface area contributed by atoms with Crippen LogP contribution in [0.2, 0.25) is 5.02 Å². The van der Waals surface area contributed by atoms with Crippen molar-refractivity contribution < 1.29 is 9.18 Å². The standard InChI is InChI=1S/C24H25ClFN5O/c1-30-8-10-31(11-9-30)7-6-27-24(32)22-18-4-3-17(26)14-20(18)29-23(22)21-13-15-12-16(25)2-5-19(15)28-21/h2-5,12-14,28-29H,6-11H2,1H3,(H,27,32). The Morgan fingerprint density at radius 3 is 2.69 bits per heavy atom. The number of fused-ring (bicyclic) bond motifs is 2. The smallest absolute Gasteiger partial charge is 0.254 e. The molecular formula is C24H25ClFN5O. The third kappa shape index (κ3) is 4.11. The van der Waals surface area contributed by atoms with Gasteiger partial charge < -0.3 is 20.2 Å². The van der Waals surface area contributed by atoms with Crippen LogP contribution in [-0.2, 0) is 0 Å². The highest BCUT2D eigenvalue weighted by molar-refractivity contribution is 6.31. The highest BCUT2D eigenvalue weighted by Gasteiger charge is 2.22. The number of benzene rings is 2. The van der Waals surface area contributed by atoms with E-state index in [0.717, 1.165) is 49.3 Å². The van der Waals surface area contributed by atoms with Crippen LogP contribution in [0.25, 0.3) is 33.2 Å². The van der Waals surface area contributed by atoms with Crippen molar-refractivity contribution in [2.45, 2.75) is 0 Å². The fourth-order valence-electron chi connectivity index (χ4n) is 4.33. The Bertz CT molecular complexity index is 1290. The zero-order valence-corrected chi connectivity index (χ0v) is 18.6. The van der Waals surface area contributed by atoms with Crippen LogP contribution in [0.4, 0.5) is 4.39 Å². The van der Waals surface area contributed by atoms with Crippen LogP contribution in [0.1, 0.15) is 10.4 Å². The minimum Gasteiger partial charge on any atom is -0.353 e. The number of nitrogens with one attached hydrogen (secondary N) is 3. The van der Waals surface area contributed by atoms with E-state index in [1.807, 2.05) is 24.3 Å². The van der Waals surface area contributed by atoms with E-state index in [9.17, 15) is 9.18 Å². The molecule has 0 unspecified atom stereocenters. The van der Waals surface area contributed by atoms with E-state index >= 15 is 0 Å². The highest BCUT2D eigenvalue weighted by atomic mass is 35.5. The summed E-state index contributed by atoms with van der Waals surface area (Å²) in [7, 11) is 2.12. The van der Waals surface area contributed by atoms with E-state index in [1.165, 1.54) is 12.1 Å². The molecule has 2 aromatic heterocycles. The van der Waals surface area contributed by atoms with Crippen LogP contribution in [0.3, 0.4) is 0 Å². The summed E-state index contributed by atoms with van der Waals surface area (Å²) >= 11 is 6.13. The number of piperazine rings is 1. The molecule has 5 rings (SSSR count). The lowest BCUT2D eigenvalue weighted by Gasteiger charge is -2.32. The molecule has 3 N–H and O–H groups in total. The molecule has 0 radical (unpaired) electrons. The Morgan fingerprint density at radius 2 is 1.88 bits per heavy atom. The zero-order chi connectivity index (χ0) is 22.2. The molecule has 166 valence electrons. The number of aromatic nitrogens is 2. The molecule has 0 aliphatic carbocycles. The molecule has 2 aromatic carbocycles. The Balaban J connectivity index is 1.44. The molecule has 0 spiro atoms. The van der Waals surface area contributed by atoms with Crippen molar-refractivity contribution in [2.75, 3.05) is 46.3 Å². The largest absolute Gasteiger partial charge is 0.353 e. The van der Waals surface area contributed by atoms with E-state index in [-0.39, 0.29) is 11.7 Å². The van der Waals surface area contributed by atoms with Crippen molar-refractivity contribution >= 4 is 39.3 Å². The summed E-state index contributed by atoms with van der Waals surface area (Å²) in [6.45, 7) is 5.44. The molecule has 3 heterocycles. The molecule has 0 atom stereocenters. The maximum Gasteiger partial charge on any atom is 0.254 e. The molecular weight excluding hydrogens is 429 g/mol. The third-order valence-corrected chi connectivity index (χ3v) is 6.38. The number of carbonyl (C=O) groups excluding carboxylic acids is 1. The van der Waals surface area contributed by atoms with Crippen LogP contribution in [-0.4, -0.2) is 72.0 Å². The van der Waals surface area contributed by atoms with Gasteiger partial charge in [0.1, 0.15) is 5.82 Å². The zero-order valence-electron chi connectivity index (χ0n) is 17.8. The van der Waals surface area contributed by atoms with E-state index < -0.39 is 0 Å². The molecule has 4 aromatic rings. The van der Waals surface area contributed by atoms with E-state index in [1.54, 1.807) is 6.07 Å². The minimum atomic E-state index is -0.351. The van der Waals surface area contributed by atoms with Crippen molar-refractivity contribution in [3.05, 3.63) is 58.9 Å². The molecule has 1 aliphatic rings. The molecule has 32 heavy (non-hydrogen) atoms. The second-order valence-corrected chi connectivity index (χ2v) is 8.82. The summed E-state index contributed by atoms with van der Waals surface area (Å²) in [6, 6.07) is 12.0. The van der Waals surface area contributed by atoms with Crippen LogP contribution in [0, 0.1) is 5.82 Å². The Morgan fingerprint density at radius 1 is 1.06 bits per heavy atom. The van der Waals surface area contributed by atoms with Gasteiger partial charge in [0.2, 0.25) is 0 Å². The summed E-state index contributed by atoms with van der Waals surface area (Å²) in [4.78, 5) is 24.5. The number of nitrogens with zero attached hydrogens (tertiary/aromatic N) is 2. The van der Waals surface area contributed by atoms with Crippen LogP contribution in [0.5, 0.6) is 0 Å². The van der Waals surface area contributed by atoms with Crippen LogP contribution < -0.4 is 5.32 Å². The number of carbonyl (C=O) groups is 1. The number of halogens is 2. The lowest BCUT2D eigenvalue weighted by Crippen LogP contribution is -2.46. The molecule has 6 nitrogen and oxygen atoms in total. The van der Waals surface area contributed by atoms with E-state index in [2.05, 4.69) is 32.1 Å². The second kappa shape index (κ2) is 8.58. The number of amides is 1. The topological polar surface area (TPSA) is 67.2 Å². The summed E-state index contributed by atoms with van der Waals surface area (Å²) in [6.07, 6.45) is 0. The first-order valence-electron chi connectivity index (χ1n) is 10.8. The molecule has 8 heteroatoms. The molecule has 1 fully saturated rings. The highest BCUT2D eigenvalue weighted by Crippen LogP contribution is 2.33. The number of hydrogen-bond donors (Lipinski definition) is 3. The normalized spacial score (nSPS) is 15.6. The molecule has 0 saturated carbocycles. The maximum absolute atomic E-state index is 13.9. The molecule has 0 bridgehead atoms. The minimum absolute atomic E-state index is 0.177. The van der Waals surface area contributed by atoms with Crippen molar-refractivity contribution in [3.63, 3.8) is 0 Å². The lowest BCUT2D eigenvalue weighted by atomic mass is 10.1. The average molecular weight is 454 g/mol. The van der Waals surface area contributed by atoms with Crippen LogP contribution in [0.15, 0.2) is 42.5 Å². The van der Waals surface area contributed by atoms with E-state index in [4.69, 9.17) is 11.6 Å². The Labute approximate surface area is 190 Å². The fourth-order valence-corrected chi connectivity index (χ4v) is 4.51. The van der Waals surface area contributed by atoms with Crippen molar-refractivity contribution in [1.82, 2.24) is 25.1 Å². The monoisotopic (exact) mass is 453 g/mol. The van der Waals surface area contributed by atoms with Gasteiger partial charge in [-0.25, -0.2) is 4.39 Å². The summed E-state index contributed by atoms with van der Waals surface area (Å²) in [5, 5.41) is 5.34. The quantitative estimate of drug-likeness (QED) is 0.426. The Hall–Kier alpha value is -2.87. The predicted molar refractivity (Wildman–Crippen MR) is 127 cm³/mol. The van der Waals surface area contributed by atoms with Crippen molar-refractivity contribution in [2.24, 2.45) is 0 Å². The van der Waals surface area contributed by atoms with Gasteiger partial charge in [0, 0.05) is 66.1 Å². The van der Waals surface area contributed by atoms with Gasteiger partial charge in [-0.3, -0.25) is 9.69 Å². The number of rotatable bonds is 5. The molecule has 1 amide bonds. The number of likely N-dealkylation sites (N-methyl/N-ethyl adjacent to an activating group) is 1. The number of hydrogen-bond acceptors (Lipinski definition) is 3. The van der Waals surface area contributed by atoms with Gasteiger partial charge in [0.15, 0.2) is 0 Å². The predicted octanol–water partition coefficient (Wildman–Crippen LogP) is 4.09. The summed E-state index contributed by atoms with van der Waals surface area (Å²) in [5.41, 5.74) is 3.39. The van der Waals surface area contributed by atoms with Gasteiger partial charge in [-0.2, -0.15) is 0 Å². The van der Waals surface area contributed by atoms with Gasteiger partial charge in [0.05, 0.1) is 17.0 Å². The molecule has 1 saturated heterocycles. The van der Waals surface area contributed by atoms with Crippen molar-refractivity contribution in [3.8, 4) is 11.4 Å². The van der Waals surface area contributed by atoms with E-state index in [0.29, 0.717) is 33.7 Å². The Kier molecular flexibility index (Phi) is 5.63. The first-order valence-corrected chi connectivity index (χ1v) is 11.1. The second-order valence-electron chi connectivity index (χ2n) is 8.38. The van der Waals surface area contributed by atoms with Gasteiger partial charge in [-0.1, -0.05) is 11.6 Å². The SMILES string of the molecule is CN1CCN(CCNC(=O)c2c(-c3cc4cc(Cl)ccc4[nH]3)[nH]c3cc(F)ccc23)CC1. The number of aromatic amines is 2. The van der Waals surface area contributed by atoms with Crippen molar-refractivity contribution in [1.29, 1.82) is 0 Å². The van der Waals surface area contributed by atoms with Gasteiger partial charge in [-0.15, -0.1) is 0 Å². The maximum atomic E-state index is 13.9. The summed E-state index contributed by atoms with van der Waals surface area (Å²) in [5.74, 6) is -0.528. The number of H-pyrrole nitrogens is 2. The first kappa shape index (κ1) is 21.0. The van der Waals surface area contributed by atoms with Crippen LogP contribution >= 0.6 is 11.6 Å².